The smallest absolute Gasteiger partial charge is 0.317 e. The van der Waals surface area contributed by atoms with Crippen LogP contribution in [-0.2, 0) is 6.54 Å². The van der Waals surface area contributed by atoms with Crippen molar-refractivity contribution in [2.24, 2.45) is 0 Å². The first-order valence-corrected chi connectivity index (χ1v) is 7.32. The van der Waals surface area contributed by atoms with E-state index in [-0.39, 0.29) is 12.1 Å². The first-order chi connectivity index (χ1) is 10.8. The highest BCUT2D eigenvalue weighted by Crippen LogP contribution is 2.15. The molecule has 0 saturated carbocycles. The van der Waals surface area contributed by atoms with E-state index in [1.165, 1.54) is 0 Å². The van der Waals surface area contributed by atoms with Gasteiger partial charge in [-0.1, -0.05) is 30.3 Å². The van der Waals surface area contributed by atoms with Gasteiger partial charge in [-0.25, -0.2) is 4.79 Å². The van der Waals surface area contributed by atoms with Crippen LogP contribution in [0.25, 0.3) is 0 Å². The molecule has 0 radical (unpaired) electrons. The number of hydrogen-bond acceptors (Lipinski definition) is 4. The second kappa shape index (κ2) is 6.89. The largest absolute Gasteiger partial charge is 0.471 e. The van der Waals surface area contributed by atoms with E-state index in [1.54, 1.807) is 23.2 Å². The van der Waals surface area contributed by atoms with Gasteiger partial charge in [-0.3, -0.25) is 0 Å². The van der Waals surface area contributed by atoms with Crippen LogP contribution >= 0.6 is 0 Å². The summed E-state index contributed by atoms with van der Waals surface area (Å²) in [6.45, 7) is 1.79. The molecule has 2 amide bonds. The Morgan fingerprint density at radius 2 is 2.14 bits per heavy atom. The van der Waals surface area contributed by atoms with E-state index in [0.717, 1.165) is 12.0 Å². The Hall–Kier alpha value is -2.63. The molecule has 0 unspecified atom stereocenters. The number of likely N-dealkylation sites (tertiary alicyclic amines) is 1. The Morgan fingerprint density at radius 1 is 1.27 bits per heavy atom. The molecule has 6 heteroatoms. The molecule has 1 atom stereocenters. The Kier molecular flexibility index (Phi) is 4.48. The van der Waals surface area contributed by atoms with Crippen molar-refractivity contribution in [2.45, 2.75) is 19.1 Å². The first kappa shape index (κ1) is 14.3. The summed E-state index contributed by atoms with van der Waals surface area (Å²) in [4.78, 5) is 13.9. The molecule has 2 aromatic rings. The molecular formula is C16H18N4O2. The summed E-state index contributed by atoms with van der Waals surface area (Å²) in [6.07, 6.45) is 2.37. The maximum Gasteiger partial charge on any atom is 0.317 e. The summed E-state index contributed by atoms with van der Waals surface area (Å²) < 4.78 is 5.72. The van der Waals surface area contributed by atoms with E-state index in [0.29, 0.717) is 25.5 Å². The number of aromatic nitrogens is 2. The van der Waals surface area contributed by atoms with Gasteiger partial charge in [0.2, 0.25) is 5.88 Å². The average Bonchev–Trinajstić information content (AvgIpc) is 3.03. The van der Waals surface area contributed by atoms with E-state index in [4.69, 9.17) is 4.74 Å². The van der Waals surface area contributed by atoms with Gasteiger partial charge in [0.15, 0.2) is 0 Å². The standard InChI is InChI=1S/C16H18N4O2/c21-16(17-11-13-5-2-1-3-6-13)20-10-8-14(12-20)22-15-7-4-9-18-19-15/h1-7,9,14H,8,10-12H2,(H,17,21)/t14-/m1/s1. The van der Waals surface area contributed by atoms with Crippen molar-refractivity contribution in [1.82, 2.24) is 20.4 Å². The highest BCUT2D eigenvalue weighted by molar-refractivity contribution is 5.74. The van der Waals surface area contributed by atoms with Crippen molar-refractivity contribution in [3.8, 4) is 5.88 Å². The summed E-state index contributed by atoms with van der Waals surface area (Å²) in [5.74, 6) is 0.499. The first-order valence-electron chi connectivity index (χ1n) is 7.32. The molecule has 0 bridgehead atoms. The molecule has 1 aromatic heterocycles. The fourth-order valence-corrected chi connectivity index (χ4v) is 2.42. The number of urea groups is 1. The van der Waals surface area contributed by atoms with Crippen molar-refractivity contribution >= 4 is 6.03 Å². The van der Waals surface area contributed by atoms with Crippen LogP contribution in [-0.4, -0.2) is 40.3 Å². The van der Waals surface area contributed by atoms with Crippen LogP contribution in [0.3, 0.4) is 0 Å². The van der Waals surface area contributed by atoms with E-state index in [2.05, 4.69) is 15.5 Å². The molecule has 0 aliphatic carbocycles. The van der Waals surface area contributed by atoms with Gasteiger partial charge in [0.05, 0.1) is 6.54 Å². The van der Waals surface area contributed by atoms with E-state index in [1.807, 2.05) is 30.3 Å². The molecule has 3 rings (SSSR count). The van der Waals surface area contributed by atoms with Gasteiger partial charge in [0.25, 0.3) is 0 Å². The molecule has 6 nitrogen and oxygen atoms in total. The predicted octanol–water partition coefficient (Wildman–Crippen LogP) is 1.84. The molecule has 22 heavy (non-hydrogen) atoms. The number of carbonyl (C=O) groups is 1. The zero-order valence-corrected chi connectivity index (χ0v) is 12.2. The summed E-state index contributed by atoms with van der Waals surface area (Å²) in [6, 6.07) is 13.3. The third-order valence-electron chi connectivity index (χ3n) is 3.55. The molecule has 1 N–H and O–H groups in total. The van der Waals surface area contributed by atoms with Gasteiger partial charge < -0.3 is 15.0 Å². The molecule has 1 fully saturated rings. The van der Waals surface area contributed by atoms with Gasteiger partial charge >= 0.3 is 6.03 Å². The molecule has 1 saturated heterocycles. The summed E-state index contributed by atoms with van der Waals surface area (Å²) in [5, 5.41) is 10.6. The molecular weight excluding hydrogens is 280 g/mol. The van der Waals surface area contributed by atoms with Crippen LogP contribution in [0.1, 0.15) is 12.0 Å². The zero-order chi connectivity index (χ0) is 15.2. The zero-order valence-electron chi connectivity index (χ0n) is 12.2. The lowest BCUT2D eigenvalue weighted by Crippen LogP contribution is -2.39. The van der Waals surface area contributed by atoms with Crippen molar-refractivity contribution in [1.29, 1.82) is 0 Å². The monoisotopic (exact) mass is 298 g/mol. The number of nitrogens with one attached hydrogen (secondary N) is 1. The lowest BCUT2D eigenvalue weighted by molar-refractivity contribution is 0.182. The summed E-state index contributed by atoms with van der Waals surface area (Å²) in [7, 11) is 0. The van der Waals surface area contributed by atoms with E-state index < -0.39 is 0 Å². The van der Waals surface area contributed by atoms with E-state index >= 15 is 0 Å². The highest BCUT2D eigenvalue weighted by Gasteiger charge is 2.27. The Balaban J connectivity index is 1.46. The van der Waals surface area contributed by atoms with Crippen molar-refractivity contribution < 1.29 is 9.53 Å². The topological polar surface area (TPSA) is 67.4 Å². The van der Waals surface area contributed by atoms with Crippen LogP contribution in [0.5, 0.6) is 5.88 Å². The van der Waals surface area contributed by atoms with Gasteiger partial charge in [-0.2, -0.15) is 5.10 Å². The summed E-state index contributed by atoms with van der Waals surface area (Å²) >= 11 is 0. The van der Waals surface area contributed by atoms with E-state index in [9.17, 15) is 4.79 Å². The summed E-state index contributed by atoms with van der Waals surface area (Å²) in [5.41, 5.74) is 1.09. The van der Waals surface area contributed by atoms with Gasteiger partial charge in [0.1, 0.15) is 6.10 Å². The minimum Gasteiger partial charge on any atom is -0.471 e. The fourth-order valence-electron chi connectivity index (χ4n) is 2.42. The van der Waals surface area contributed by atoms with Crippen molar-refractivity contribution in [3.05, 3.63) is 54.2 Å². The fraction of sp³-hybridized carbons (Fsp3) is 0.312. The predicted molar refractivity (Wildman–Crippen MR) is 81.3 cm³/mol. The minimum atomic E-state index is -0.0610. The lowest BCUT2D eigenvalue weighted by atomic mass is 10.2. The molecule has 2 heterocycles. The minimum absolute atomic E-state index is 0.0285. The quantitative estimate of drug-likeness (QED) is 0.935. The number of benzene rings is 1. The molecule has 1 aliphatic rings. The number of carbonyl (C=O) groups excluding carboxylic acids is 1. The molecule has 1 aromatic carbocycles. The Labute approximate surface area is 129 Å². The van der Waals surface area contributed by atoms with Gasteiger partial charge in [-0.05, 0) is 11.6 Å². The maximum atomic E-state index is 12.1. The maximum absolute atomic E-state index is 12.1. The molecule has 0 spiro atoms. The van der Waals surface area contributed by atoms with Crippen molar-refractivity contribution in [3.63, 3.8) is 0 Å². The normalized spacial score (nSPS) is 17.3. The number of rotatable bonds is 4. The number of nitrogens with zero attached hydrogens (tertiary/aromatic N) is 3. The van der Waals surface area contributed by atoms with Gasteiger partial charge in [0, 0.05) is 31.8 Å². The van der Waals surface area contributed by atoms with Crippen molar-refractivity contribution in [2.75, 3.05) is 13.1 Å². The lowest BCUT2D eigenvalue weighted by Gasteiger charge is -2.17. The van der Waals surface area contributed by atoms with Gasteiger partial charge in [-0.15, -0.1) is 5.10 Å². The van der Waals surface area contributed by atoms with Crippen LogP contribution in [0.2, 0.25) is 0 Å². The van der Waals surface area contributed by atoms with Crippen LogP contribution < -0.4 is 10.1 Å². The second-order valence-electron chi connectivity index (χ2n) is 5.18. The van der Waals surface area contributed by atoms with Crippen LogP contribution in [0.4, 0.5) is 4.79 Å². The second-order valence-corrected chi connectivity index (χ2v) is 5.18. The Bertz CT molecular complexity index is 606. The van der Waals surface area contributed by atoms with Crippen LogP contribution in [0, 0.1) is 0 Å². The highest BCUT2D eigenvalue weighted by atomic mass is 16.5. The third kappa shape index (κ3) is 3.72. The molecule has 114 valence electrons. The third-order valence-corrected chi connectivity index (χ3v) is 3.55. The number of amides is 2. The molecule has 1 aliphatic heterocycles. The average molecular weight is 298 g/mol. The Morgan fingerprint density at radius 3 is 2.91 bits per heavy atom. The number of ether oxygens (including phenoxy) is 1. The SMILES string of the molecule is O=C(NCc1ccccc1)N1CC[C@@H](Oc2cccnn2)C1. The van der Waals surface area contributed by atoms with Crippen LogP contribution in [0.15, 0.2) is 48.7 Å². The number of hydrogen-bond donors (Lipinski definition) is 1.